The highest BCUT2D eigenvalue weighted by Gasteiger charge is 2.29. The van der Waals surface area contributed by atoms with Gasteiger partial charge in [-0.15, -0.1) is 0 Å². The molecular weight excluding hydrogens is 364 g/mol. The van der Waals surface area contributed by atoms with E-state index in [0.29, 0.717) is 36.5 Å². The minimum Gasteiger partial charge on any atom is -0.369 e. The zero-order valence-electron chi connectivity index (χ0n) is 16.3. The predicted molar refractivity (Wildman–Crippen MR) is 112 cm³/mol. The summed E-state index contributed by atoms with van der Waals surface area (Å²) in [5, 5.41) is 10.1. The van der Waals surface area contributed by atoms with Crippen LogP contribution >= 0.6 is 0 Å². The lowest BCUT2D eigenvalue weighted by Crippen LogP contribution is -2.39. The van der Waals surface area contributed by atoms with Crippen molar-refractivity contribution in [1.82, 2.24) is 9.88 Å². The normalized spacial score (nSPS) is 14.5. The SMILES string of the molecule is Cc1[nH]c2ccccc2c1C(=O)C(=O)N1CCCN(c2ccccc2C#N)CC1. The van der Waals surface area contributed by atoms with Crippen LogP contribution < -0.4 is 4.90 Å². The van der Waals surface area contributed by atoms with Gasteiger partial charge in [-0.05, 0) is 31.5 Å². The smallest absolute Gasteiger partial charge is 0.295 e. The Morgan fingerprint density at radius 1 is 1.00 bits per heavy atom. The third-order valence-electron chi connectivity index (χ3n) is 5.46. The number of hydrogen-bond donors (Lipinski definition) is 1. The summed E-state index contributed by atoms with van der Waals surface area (Å²) < 4.78 is 0. The molecular formula is C23H22N4O2. The van der Waals surface area contributed by atoms with Crippen molar-refractivity contribution < 1.29 is 9.59 Å². The summed E-state index contributed by atoms with van der Waals surface area (Å²) in [5.41, 5.74) is 3.53. The maximum absolute atomic E-state index is 13.0. The number of para-hydroxylation sites is 2. The third kappa shape index (κ3) is 3.47. The number of aromatic amines is 1. The molecule has 0 saturated carbocycles. The number of nitrogens with zero attached hydrogens (tertiary/aromatic N) is 3. The summed E-state index contributed by atoms with van der Waals surface area (Å²) in [5.74, 6) is -0.931. The highest BCUT2D eigenvalue weighted by molar-refractivity contribution is 6.45. The van der Waals surface area contributed by atoms with Crippen molar-refractivity contribution in [1.29, 1.82) is 5.26 Å². The van der Waals surface area contributed by atoms with E-state index in [9.17, 15) is 14.9 Å². The zero-order valence-corrected chi connectivity index (χ0v) is 16.3. The van der Waals surface area contributed by atoms with Gasteiger partial charge < -0.3 is 14.8 Å². The van der Waals surface area contributed by atoms with Gasteiger partial charge in [0.15, 0.2) is 0 Å². The maximum atomic E-state index is 13.0. The molecule has 1 saturated heterocycles. The summed E-state index contributed by atoms with van der Waals surface area (Å²) in [6, 6.07) is 17.2. The van der Waals surface area contributed by atoms with Gasteiger partial charge in [0, 0.05) is 42.8 Å². The zero-order chi connectivity index (χ0) is 20.4. The molecule has 6 heteroatoms. The Morgan fingerprint density at radius 3 is 2.59 bits per heavy atom. The van der Waals surface area contributed by atoms with Gasteiger partial charge in [-0.2, -0.15) is 5.26 Å². The second-order valence-corrected chi connectivity index (χ2v) is 7.26. The molecule has 1 fully saturated rings. The van der Waals surface area contributed by atoms with E-state index in [2.05, 4.69) is 16.0 Å². The lowest BCUT2D eigenvalue weighted by atomic mass is 10.1. The Bertz CT molecular complexity index is 1130. The first-order chi connectivity index (χ1) is 14.1. The van der Waals surface area contributed by atoms with Crippen LogP contribution in [0.3, 0.4) is 0 Å². The number of aromatic nitrogens is 1. The summed E-state index contributed by atoms with van der Waals surface area (Å²) in [6.45, 7) is 4.12. The van der Waals surface area contributed by atoms with Crippen molar-refractivity contribution in [2.75, 3.05) is 31.1 Å². The number of fused-ring (bicyclic) bond motifs is 1. The van der Waals surface area contributed by atoms with E-state index < -0.39 is 11.7 Å². The highest BCUT2D eigenvalue weighted by atomic mass is 16.2. The fourth-order valence-corrected chi connectivity index (χ4v) is 4.03. The number of Topliss-reactive ketones (excluding diaryl/α,β-unsaturated/α-hetero) is 1. The molecule has 0 aliphatic carbocycles. The van der Waals surface area contributed by atoms with Crippen LogP contribution in [0.5, 0.6) is 0 Å². The number of carbonyl (C=O) groups excluding carboxylic acids is 2. The fraction of sp³-hybridized carbons (Fsp3) is 0.261. The Balaban J connectivity index is 1.53. The Labute approximate surface area is 169 Å². The van der Waals surface area contributed by atoms with Crippen LogP contribution in [-0.2, 0) is 4.79 Å². The largest absolute Gasteiger partial charge is 0.369 e. The molecule has 0 bridgehead atoms. The van der Waals surface area contributed by atoms with E-state index >= 15 is 0 Å². The van der Waals surface area contributed by atoms with E-state index in [1.54, 1.807) is 11.0 Å². The van der Waals surface area contributed by atoms with Gasteiger partial charge in [0.25, 0.3) is 11.7 Å². The summed E-state index contributed by atoms with van der Waals surface area (Å²) in [7, 11) is 0. The Kier molecular flexibility index (Phi) is 5.05. The lowest BCUT2D eigenvalue weighted by Gasteiger charge is -2.24. The summed E-state index contributed by atoms with van der Waals surface area (Å²) in [6.07, 6.45) is 0.742. The number of amides is 1. The average Bonchev–Trinajstić information content (AvgIpc) is 2.91. The van der Waals surface area contributed by atoms with Gasteiger partial charge in [-0.1, -0.05) is 30.3 Å². The number of nitrogens with one attached hydrogen (secondary N) is 1. The van der Waals surface area contributed by atoms with Crippen LogP contribution in [0.4, 0.5) is 5.69 Å². The number of carbonyl (C=O) groups is 2. The van der Waals surface area contributed by atoms with Crippen LogP contribution in [0.1, 0.15) is 28.0 Å². The molecule has 1 aliphatic rings. The first-order valence-corrected chi connectivity index (χ1v) is 9.75. The van der Waals surface area contributed by atoms with E-state index in [4.69, 9.17) is 0 Å². The highest BCUT2D eigenvalue weighted by Crippen LogP contribution is 2.24. The standard InChI is InChI=1S/C23H22N4O2/c1-16-21(18-8-3-4-9-19(18)25-16)22(28)23(29)27-12-6-11-26(13-14-27)20-10-5-2-7-17(20)15-24/h2-5,7-10,25H,6,11-14H2,1H3. The molecule has 2 heterocycles. The lowest BCUT2D eigenvalue weighted by molar-refractivity contribution is -0.126. The molecule has 1 aliphatic heterocycles. The maximum Gasteiger partial charge on any atom is 0.295 e. The molecule has 29 heavy (non-hydrogen) atoms. The van der Waals surface area contributed by atoms with Gasteiger partial charge in [0.2, 0.25) is 0 Å². The number of aryl methyl sites for hydroxylation is 1. The quantitative estimate of drug-likeness (QED) is 0.553. The van der Waals surface area contributed by atoms with Crippen LogP contribution in [0, 0.1) is 18.3 Å². The monoisotopic (exact) mass is 386 g/mol. The summed E-state index contributed by atoms with van der Waals surface area (Å²) >= 11 is 0. The number of rotatable bonds is 3. The summed E-state index contributed by atoms with van der Waals surface area (Å²) in [4.78, 5) is 33.0. The second-order valence-electron chi connectivity index (χ2n) is 7.26. The second kappa shape index (κ2) is 7.80. The first kappa shape index (κ1) is 18.8. The molecule has 1 amide bonds. The molecule has 4 rings (SSSR count). The topological polar surface area (TPSA) is 80.2 Å². The van der Waals surface area contributed by atoms with Crippen molar-refractivity contribution in [3.05, 3.63) is 65.4 Å². The molecule has 0 atom stereocenters. The molecule has 2 aromatic carbocycles. The van der Waals surface area contributed by atoms with Crippen molar-refractivity contribution in [3.8, 4) is 6.07 Å². The van der Waals surface area contributed by atoms with Gasteiger partial charge in [0.05, 0.1) is 16.8 Å². The Morgan fingerprint density at radius 2 is 1.76 bits per heavy atom. The van der Waals surface area contributed by atoms with E-state index in [0.717, 1.165) is 29.6 Å². The first-order valence-electron chi connectivity index (χ1n) is 9.75. The molecule has 0 unspecified atom stereocenters. The number of anilines is 1. The molecule has 1 N–H and O–H groups in total. The van der Waals surface area contributed by atoms with Crippen molar-refractivity contribution in [3.63, 3.8) is 0 Å². The number of benzene rings is 2. The predicted octanol–water partition coefficient (Wildman–Crippen LogP) is 3.27. The van der Waals surface area contributed by atoms with Crippen molar-refractivity contribution in [2.24, 2.45) is 0 Å². The molecule has 146 valence electrons. The van der Waals surface area contributed by atoms with Crippen LogP contribution in [0.2, 0.25) is 0 Å². The fourth-order valence-electron chi connectivity index (χ4n) is 4.03. The van der Waals surface area contributed by atoms with E-state index in [-0.39, 0.29) is 0 Å². The molecule has 3 aromatic rings. The number of H-pyrrole nitrogens is 1. The van der Waals surface area contributed by atoms with Crippen LogP contribution in [0.25, 0.3) is 10.9 Å². The minimum atomic E-state index is -0.467. The van der Waals surface area contributed by atoms with Crippen LogP contribution in [-0.4, -0.2) is 47.8 Å². The van der Waals surface area contributed by atoms with Crippen molar-refractivity contribution >= 4 is 28.3 Å². The third-order valence-corrected chi connectivity index (χ3v) is 5.46. The van der Waals surface area contributed by atoms with E-state index in [1.807, 2.05) is 49.4 Å². The number of nitriles is 1. The molecule has 6 nitrogen and oxygen atoms in total. The molecule has 0 radical (unpaired) electrons. The molecule has 1 aromatic heterocycles. The van der Waals surface area contributed by atoms with E-state index in [1.165, 1.54) is 0 Å². The van der Waals surface area contributed by atoms with Crippen LogP contribution in [0.15, 0.2) is 48.5 Å². The Hall–Kier alpha value is -3.59. The van der Waals surface area contributed by atoms with Gasteiger partial charge in [0.1, 0.15) is 6.07 Å². The van der Waals surface area contributed by atoms with Crippen molar-refractivity contribution in [2.45, 2.75) is 13.3 Å². The molecule has 0 spiro atoms. The number of ketones is 1. The average molecular weight is 386 g/mol. The number of hydrogen-bond acceptors (Lipinski definition) is 4. The minimum absolute atomic E-state index is 0.450. The van der Waals surface area contributed by atoms with Gasteiger partial charge in [-0.25, -0.2) is 0 Å². The van der Waals surface area contributed by atoms with Gasteiger partial charge >= 0.3 is 0 Å². The van der Waals surface area contributed by atoms with Gasteiger partial charge in [-0.3, -0.25) is 9.59 Å².